The first kappa shape index (κ1) is 16.1. The molecule has 1 atom stereocenters. The number of aldehydes is 1. The lowest BCUT2D eigenvalue weighted by Crippen LogP contribution is -2.25. The van der Waals surface area contributed by atoms with Crippen molar-refractivity contribution in [2.75, 3.05) is 13.2 Å². The number of ether oxygens (including phenoxy) is 2. The highest BCUT2D eigenvalue weighted by molar-refractivity contribution is 5.77. The van der Waals surface area contributed by atoms with Crippen LogP contribution < -0.4 is 4.74 Å². The summed E-state index contributed by atoms with van der Waals surface area (Å²) in [5.74, 6) is 0.00389. The zero-order valence-electron chi connectivity index (χ0n) is 11.3. The van der Waals surface area contributed by atoms with E-state index in [-0.39, 0.29) is 36.3 Å². The molecular formula is C13H17NO6. The SMILES string of the molecule is CC(C)OCC(O)COc1ccc(C=O)cc1[N+](=O)[O-]. The molecule has 0 spiro atoms. The molecule has 1 aromatic carbocycles. The first-order valence-electron chi connectivity index (χ1n) is 6.10. The largest absolute Gasteiger partial charge is 0.484 e. The fourth-order valence-electron chi connectivity index (χ4n) is 1.41. The smallest absolute Gasteiger partial charge is 0.311 e. The summed E-state index contributed by atoms with van der Waals surface area (Å²) in [6.07, 6.45) is -0.393. The Bertz CT molecular complexity index is 474. The molecule has 0 radical (unpaired) electrons. The van der Waals surface area contributed by atoms with Crippen molar-refractivity contribution in [2.45, 2.75) is 26.1 Å². The number of benzene rings is 1. The van der Waals surface area contributed by atoms with Crippen LogP contribution in [0, 0.1) is 10.1 Å². The van der Waals surface area contributed by atoms with Crippen LogP contribution in [0.2, 0.25) is 0 Å². The Morgan fingerprint density at radius 3 is 2.65 bits per heavy atom. The number of hydrogen-bond donors (Lipinski definition) is 1. The summed E-state index contributed by atoms with van der Waals surface area (Å²) in [5.41, 5.74) is -0.126. The van der Waals surface area contributed by atoms with E-state index in [0.29, 0.717) is 6.29 Å². The summed E-state index contributed by atoms with van der Waals surface area (Å²) in [6, 6.07) is 3.86. The Labute approximate surface area is 116 Å². The highest BCUT2D eigenvalue weighted by Crippen LogP contribution is 2.27. The second kappa shape index (κ2) is 7.56. The molecule has 0 bridgehead atoms. The molecule has 0 amide bonds. The third-order valence-corrected chi connectivity index (χ3v) is 2.37. The maximum absolute atomic E-state index is 10.9. The number of carbonyl (C=O) groups excluding carboxylic acids is 1. The van der Waals surface area contributed by atoms with Crippen LogP contribution in [-0.2, 0) is 4.74 Å². The van der Waals surface area contributed by atoms with Gasteiger partial charge in [0.2, 0.25) is 0 Å². The molecule has 7 nitrogen and oxygen atoms in total. The molecule has 1 unspecified atom stereocenters. The zero-order chi connectivity index (χ0) is 15.1. The van der Waals surface area contributed by atoms with Crippen molar-refractivity contribution in [3.8, 4) is 5.75 Å². The van der Waals surface area contributed by atoms with Crippen molar-refractivity contribution in [1.29, 1.82) is 0 Å². The van der Waals surface area contributed by atoms with E-state index in [0.717, 1.165) is 6.07 Å². The minimum Gasteiger partial charge on any atom is -0.484 e. The highest BCUT2D eigenvalue weighted by Gasteiger charge is 2.17. The Morgan fingerprint density at radius 1 is 1.40 bits per heavy atom. The Morgan fingerprint density at radius 2 is 2.10 bits per heavy atom. The van der Waals surface area contributed by atoms with Gasteiger partial charge in [-0.05, 0) is 26.0 Å². The number of aliphatic hydroxyl groups excluding tert-OH is 1. The van der Waals surface area contributed by atoms with E-state index in [1.165, 1.54) is 12.1 Å². The van der Waals surface area contributed by atoms with Gasteiger partial charge in [0.05, 0.1) is 17.6 Å². The minimum absolute atomic E-state index is 0.00389. The molecule has 0 aliphatic carbocycles. The minimum atomic E-state index is -0.886. The summed E-state index contributed by atoms with van der Waals surface area (Å²) in [7, 11) is 0. The highest BCUT2D eigenvalue weighted by atomic mass is 16.6. The topological polar surface area (TPSA) is 98.9 Å². The summed E-state index contributed by atoms with van der Waals surface area (Å²) < 4.78 is 10.4. The fraction of sp³-hybridized carbons (Fsp3) is 0.462. The Kier molecular flexibility index (Phi) is 6.08. The lowest BCUT2D eigenvalue weighted by atomic mass is 10.2. The van der Waals surface area contributed by atoms with Crippen LogP contribution in [-0.4, -0.2) is 41.7 Å². The van der Waals surface area contributed by atoms with E-state index >= 15 is 0 Å². The number of nitro benzene ring substituents is 1. The van der Waals surface area contributed by atoms with E-state index in [1.54, 1.807) is 0 Å². The molecule has 0 saturated heterocycles. The average Bonchev–Trinajstić information content (AvgIpc) is 2.42. The molecule has 0 aliphatic rings. The molecule has 20 heavy (non-hydrogen) atoms. The second-order valence-corrected chi connectivity index (χ2v) is 4.45. The third kappa shape index (κ3) is 4.94. The van der Waals surface area contributed by atoms with Crippen LogP contribution in [0.15, 0.2) is 18.2 Å². The van der Waals surface area contributed by atoms with E-state index in [1.807, 2.05) is 13.8 Å². The van der Waals surface area contributed by atoms with Crippen molar-refractivity contribution in [3.63, 3.8) is 0 Å². The van der Waals surface area contributed by atoms with Crippen LogP contribution in [0.25, 0.3) is 0 Å². The average molecular weight is 283 g/mol. The van der Waals surface area contributed by atoms with Crippen LogP contribution in [0.1, 0.15) is 24.2 Å². The van der Waals surface area contributed by atoms with Gasteiger partial charge in [-0.25, -0.2) is 0 Å². The summed E-state index contributed by atoms with van der Waals surface area (Å²) >= 11 is 0. The predicted octanol–water partition coefficient (Wildman–Crippen LogP) is 1.57. The van der Waals surface area contributed by atoms with Gasteiger partial charge in [0, 0.05) is 11.6 Å². The summed E-state index contributed by atoms with van der Waals surface area (Å²) in [5, 5.41) is 20.5. The van der Waals surface area contributed by atoms with Crippen molar-refractivity contribution < 1.29 is 24.3 Å². The maximum atomic E-state index is 10.9. The number of rotatable bonds is 8. The van der Waals surface area contributed by atoms with Gasteiger partial charge in [0.1, 0.15) is 19.0 Å². The van der Waals surface area contributed by atoms with Crippen molar-refractivity contribution in [1.82, 2.24) is 0 Å². The standard InChI is InChI=1S/C13H17NO6/c1-9(2)19-7-11(16)8-20-13-4-3-10(6-15)5-12(13)14(17)18/h3-6,9,11,16H,7-8H2,1-2H3. The molecule has 0 fully saturated rings. The maximum Gasteiger partial charge on any atom is 0.311 e. The van der Waals surface area contributed by atoms with Gasteiger partial charge in [-0.1, -0.05) is 0 Å². The van der Waals surface area contributed by atoms with Gasteiger partial charge < -0.3 is 14.6 Å². The Hall–Kier alpha value is -1.99. The molecule has 7 heteroatoms. The normalized spacial score (nSPS) is 12.2. The first-order valence-corrected chi connectivity index (χ1v) is 6.10. The number of carbonyl (C=O) groups is 1. The molecular weight excluding hydrogens is 266 g/mol. The lowest BCUT2D eigenvalue weighted by molar-refractivity contribution is -0.386. The number of hydrogen-bond acceptors (Lipinski definition) is 6. The molecule has 1 N–H and O–H groups in total. The van der Waals surface area contributed by atoms with Crippen LogP contribution in [0.3, 0.4) is 0 Å². The van der Waals surface area contributed by atoms with Gasteiger partial charge in [-0.2, -0.15) is 0 Å². The van der Waals surface area contributed by atoms with Crippen LogP contribution in [0.5, 0.6) is 5.75 Å². The van der Waals surface area contributed by atoms with E-state index < -0.39 is 11.0 Å². The van der Waals surface area contributed by atoms with Gasteiger partial charge in [0.15, 0.2) is 5.75 Å². The quantitative estimate of drug-likeness (QED) is 0.441. The molecule has 0 saturated carbocycles. The van der Waals surface area contributed by atoms with Gasteiger partial charge >= 0.3 is 5.69 Å². The monoisotopic (exact) mass is 283 g/mol. The molecule has 0 aromatic heterocycles. The number of nitrogens with zero attached hydrogens (tertiary/aromatic N) is 1. The molecule has 0 aliphatic heterocycles. The van der Waals surface area contributed by atoms with Crippen molar-refractivity contribution >= 4 is 12.0 Å². The fourth-order valence-corrected chi connectivity index (χ4v) is 1.41. The van der Waals surface area contributed by atoms with Crippen molar-refractivity contribution in [2.24, 2.45) is 0 Å². The first-order chi connectivity index (χ1) is 9.43. The van der Waals surface area contributed by atoms with E-state index in [2.05, 4.69) is 0 Å². The number of aliphatic hydroxyl groups is 1. The molecule has 110 valence electrons. The molecule has 0 heterocycles. The van der Waals surface area contributed by atoms with Gasteiger partial charge in [0.25, 0.3) is 0 Å². The Balaban J connectivity index is 2.67. The van der Waals surface area contributed by atoms with E-state index in [9.17, 15) is 20.0 Å². The molecule has 1 aromatic rings. The van der Waals surface area contributed by atoms with Gasteiger partial charge in [-0.3, -0.25) is 14.9 Å². The zero-order valence-corrected chi connectivity index (χ0v) is 11.3. The number of nitro groups is 1. The predicted molar refractivity (Wildman–Crippen MR) is 71.1 cm³/mol. The van der Waals surface area contributed by atoms with E-state index in [4.69, 9.17) is 9.47 Å². The van der Waals surface area contributed by atoms with Gasteiger partial charge in [-0.15, -0.1) is 0 Å². The third-order valence-electron chi connectivity index (χ3n) is 2.37. The second-order valence-electron chi connectivity index (χ2n) is 4.45. The summed E-state index contributed by atoms with van der Waals surface area (Å²) in [6.45, 7) is 3.61. The van der Waals surface area contributed by atoms with Crippen molar-refractivity contribution in [3.05, 3.63) is 33.9 Å². The summed E-state index contributed by atoms with van der Waals surface area (Å²) in [4.78, 5) is 20.8. The lowest BCUT2D eigenvalue weighted by Gasteiger charge is -2.14. The van der Waals surface area contributed by atoms with Crippen LogP contribution >= 0.6 is 0 Å². The van der Waals surface area contributed by atoms with Crippen LogP contribution in [0.4, 0.5) is 5.69 Å². The molecule has 1 rings (SSSR count).